The van der Waals surface area contributed by atoms with Crippen LogP contribution in [0, 0.1) is 6.92 Å². The van der Waals surface area contributed by atoms with Gasteiger partial charge in [-0.1, -0.05) is 0 Å². The van der Waals surface area contributed by atoms with Gasteiger partial charge in [0.15, 0.2) is 5.82 Å². The average molecular weight is 379 g/mol. The van der Waals surface area contributed by atoms with Crippen LogP contribution in [0.2, 0.25) is 0 Å². The summed E-state index contributed by atoms with van der Waals surface area (Å²) in [5.41, 5.74) is 0.822. The van der Waals surface area contributed by atoms with Gasteiger partial charge in [-0.3, -0.25) is 4.40 Å². The summed E-state index contributed by atoms with van der Waals surface area (Å²) in [6, 6.07) is 2.02. The number of aryl methyl sites for hydroxylation is 1. The molecule has 5 heterocycles. The fraction of sp³-hybridized carbons (Fsp3) is 0.526. The highest BCUT2D eigenvalue weighted by molar-refractivity contribution is 5.64. The summed E-state index contributed by atoms with van der Waals surface area (Å²) in [6.45, 7) is 7.62. The first kappa shape index (κ1) is 17.2. The Kier molecular flexibility index (Phi) is 4.42. The SMILES string of the molecule is Cc1nnc2c(N3CCN(c4ccnc(N5CCCCC5)n4)CC3)nccn12. The number of anilines is 3. The molecule has 0 saturated carbocycles. The molecule has 0 bridgehead atoms. The minimum Gasteiger partial charge on any atom is -0.353 e. The number of rotatable bonds is 3. The molecule has 2 saturated heterocycles. The highest BCUT2D eigenvalue weighted by Crippen LogP contribution is 2.23. The molecule has 0 aliphatic carbocycles. The second-order valence-corrected chi connectivity index (χ2v) is 7.43. The van der Waals surface area contributed by atoms with Gasteiger partial charge >= 0.3 is 0 Å². The van der Waals surface area contributed by atoms with Crippen LogP contribution in [0.4, 0.5) is 17.6 Å². The van der Waals surface area contributed by atoms with Gasteiger partial charge < -0.3 is 14.7 Å². The molecule has 2 aliphatic rings. The molecule has 0 atom stereocenters. The molecule has 0 spiro atoms. The number of nitrogens with zero attached hydrogens (tertiary/aromatic N) is 9. The van der Waals surface area contributed by atoms with Gasteiger partial charge in [0.1, 0.15) is 11.6 Å². The van der Waals surface area contributed by atoms with E-state index in [4.69, 9.17) is 4.98 Å². The summed E-state index contributed by atoms with van der Waals surface area (Å²) < 4.78 is 1.99. The maximum absolute atomic E-state index is 4.85. The first-order valence-electron chi connectivity index (χ1n) is 10.0. The smallest absolute Gasteiger partial charge is 0.227 e. The van der Waals surface area contributed by atoms with E-state index in [1.165, 1.54) is 19.3 Å². The fourth-order valence-electron chi connectivity index (χ4n) is 4.06. The van der Waals surface area contributed by atoms with Gasteiger partial charge in [-0.05, 0) is 32.3 Å². The average Bonchev–Trinajstić information content (AvgIpc) is 3.16. The third-order valence-electron chi connectivity index (χ3n) is 5.65. The third kappa shape index (κ3) is 3.10. The van der Waals surface area contributed by atoms with Crippen molar-refractivity contribution in [2.24, 2.45) is 0 Å². The molecular formula is C19H25N9. The third-order valence-corrected chi connectivity index (χ3v) is 5.65. The van der Waals surface area contributed by atoms with E-state index in [0.717, 1.165) is 68.3 Å². The molecule has 28 heavy (non-hydrogen) atoms. The Labute approximate surface area is 164 Å². The Bertz CT molecular complexity index is 955. The highest BCUT2D eigenvalue weighted by atomic mass is 15.4. The van der Waals surface area contributed by atoms with Crippen molar-refractivity contribution in [1.82, 2.24) is 29.5 Å². The van der Waals surface area contributed by atoms with E-state index in [1.54, 1.807) is 0 Å². The number of piperidine rings is 1. The van der Waals surface area contributed by atoms with Crippen molar-refractivity contribution in [2.75, 3.05) is 54.0 Å². The van der Waals surface area contributed by atoms with Crippen LogP contribution in [-0.2, 0) is 0 Å². The van der Waals surface area contributed by atoms with Crippen LogP contribution in [0.3, 0.4) is 0 Å². The molecule has 0 amide bonds. The van der Waals surface area contributed by atoms with Crippen LogP contribution in [0.15, 0.2) is 24.7 Å². The molecule has 2 fully saturated rings. The summed E-state index contributed by atoms with van der Waals surface area (Å²) in [5.74, 6) is 3.66. The molecule has 9 nitrogen and oxygen atoms in total. The minimum atomic E-state index is 0.822. The van der Waals surface area contributed by atoms with Gasteiger partial charge in [-0.25, -0.2) is 9.97 Å². The molecule has 0 N–H and O–H groups in total. The maximum atomic E-state index is 4.85. The van der Waals surface area contributed by atoms with Gasteiger partial charge in [0.25, 0.3) is 0 Å². The Balaban J connectivity index is 1.30. The predicted octanol–water partition coefficient (Wildman–Crippen LogP) is 1.54. The van der Waals surface area contributed by atoms with Crippen molar-refractivity contribution in [3.63, 3.8) is 0 Å². The lowest BCUT2D eigenvalue weighted by Crippen LogP contribution is -2.47. The summed E-state index contributed by atoms with van der Waals surface area (Å²) in [7, 11) is 0. The van der Waals surface area contributed by atoms with Gasteiger partial charge in [0.2, 0.25) is 11.6 Å². The minimum absolute atomic E-state index is 0.822. The Morgan fingerprint density at radius 1 is 0.786 bits per heavy atom. The largest absolute Gasteiger partial charge is 0.353 e. The van der Waals surface area contributed by atoms with Crippen molar-refractivity contribution >= 4 is 23.2 Å². The number of piperazine rings is 1. The number of hydrogen-bond donors (Lipinski definition) is 0. The van der Waals surface area contributed by atoms with Crippen LogP contribution in [0.5, 0.6) is 0 Å². The lowest BCUT2D eigenvalue weighted by atomic mass is 10.1. The molecule has 0 aromatic carbocycles. The topological polar surface area (TPSA) is 78.6 Å². The monoisotopic (exact) mass is 379 g/mol. The van der Waals surface area contributed by atoms with E-state index in [2.05, 4.69) is 34.9 Å². The first-order valence-corrected chi connectivity index (χ1v) is 10.0. The zero-order chi connectivity index (χ0) is 18.9. The Morgan fingerprint density at radius 3 is 2.39 bits per heavy atom. The first-order chi connectivity index (χ1) is 13.8. The van der Waals surface area contributed by atoms with Crippen molar-refractivity contribution in [1.29, 1.82) is 0 Å². The van der Waals surface area contributed by atoms with Gasteiger partial charge in [0, 0.05) is 57.9 Å². The van der Waals surface area contributed by atoms with Crippen molar-refractivity contribution in [3.8, 4) is 0 Å². The fourth-order valence-corrected chi connectivity index (χ4v) is 4.06. The second-order valence-electron chi connectivity index (χ2n) is 7.43. The second kappa shape index (κ2) is 7.21. The summed E-state index contributed by atoms with van der Waals surface area (Å²) in [4.78, 5) is 20.9. The lowest BCUT2D eigenvalue weighted by Gasteiger charge is -2.36. The zero-order valence-corrected chi connectivity index (χ0v) is 16.2. The number of hydrogen-bond acceptors (Lipinski definition) is 8. The normalized spacial score (nSPS) is 18.1. The predicted molar refractivity (Wildman–Crippen MR) is 108 cm³/mol. The molecule has 146 valence electrons. The van der Waals surface area contributed by atoms with Crippen LogP contribution in [0.1, 0.15) is 25.1 Å². The van der Waals surface area contributed by atoms with Crippen LogP contribution in [-0.4, -0.2) is 68.8 Å². The molecule has 9 heteroatoms. The zero-order valence-electron chi connectivity index (χ0n) is 16.2. The molecule has 5 rings (SSSR count). The van der Waals surface area contributed by atoms with Crippen LogP contribution in [0.25, 0.3) is 5.65 Å². The maximum Gasteiger partial charge on any atom is 0.227 e. The van der Waals surface area contributed by atoms with Crippen molar-refractivity contribution < 1.29 is 0 Å². The van der Waals surface area contributed by atoms with E-state index in [0.29, 0.717) is 0 Å². The Morgan fingerprint density at radius 2 is 1.57 bits per heavy atom. The Hall–Kier alpha value is -2.97. The van der Waals surface area contributed by atoms with E-state index in [1.807, 2.05) is 36.0 Å². The van der Waals surface area contributed by atoms with Gasteiger partial charge in [0.05, 0.1) is 0 Å². The van der Waals surface area contributed by atoms with E-state index in [9.17, 15) is 0 Å². The number of aromatic nitrogens is 6. The molecule has 0 radical (unpaired) electrons. The molecule has 3 aromatic rings. The summed E-state index contributed by atoms with van der Waals surface area (Å²) >= 11 is 0. The summed E-state index contributed by atoms with van der Waals surface area (Å²) in [6.07, 6.45) is 9.39. The highest BCUT2D eigenvalue weighted by Gasteiger charge is 2.23. The van der Waals surface area contributed by atoms with E-state index < -0.39 is 0 Å². The quantitative estimate of drug-likeness (QED) is 0.678. The van der Waals surface area contributed by atoms with Crippen LogP contribution >= 0.6 is 0 Å². The van der Waals surface area contributed by atoms with Gasteiger partial charge in [-0.15, -0.1) is 10.2 Å². The molecule has 2 aliphatic heterocycles. The van der Waals surface area contributed by atoms with Gasteiger partial charge in [-0.2, -0.15) is 4.98 Å². The van der Waals surface area contributed by atoms with Crippen molar-refractivity contribution in [2.45, 2.75) is 26.2 Å². The molecular weight excluding hydrogens is 354 g/mol. The van der Waals surface area contributed by atoms with Crippen molar-refractivity contribution in [3.05, 3.63) is 30.5 Å². The summed E-state index contributed by atoms with van der Waals surface area (Å²) in [5, 5.41) is 8.49. The number of fused-ring (bicyclic) bond motifs is 1. The van der Waals surface area contributed by atoms with E-state index in [-0.39, 0.29) is 0 Å². The standard InChI is InChI=1S/C19H25N9/c1-15-23-24-18-17(20-7-10-28(15)18)26-13-11-25(12-14-26)16-5-6-21-19(22-16)27-8-3-2-4-9-27/h5-7,10H,2-4,8-9,11-14H2,1H3. The molecule has 3 aromatic heterocycles. The van der Waals surface area contributed by atoms with E-state index >= 15 is 0 Å². The molecule has 0 unspecified atom stereocenters. The lowest BCUT2D eigenvalue weighted by molar-refractivity contribution is 0.567. The van der Waals surface area contributed by atoms with Crippen LogP contribution < -0.4 is 14.7 Å².